The van der Waals surface area contributed by atoms with Gasteiger partial charge in [-0.3, -0.25) is 10.1 Å². The number of nitrogens with two attached hydrogens (primary N) is 1. The molecule has 6 heteroatoms. The van der Waals surface area contributed by atoms with Crippen LogP contribution >= 0.6 is 0 Å². The molecule has 0 aliphatic heterocycles. The molecule has 1 atom stereocenters. The molecule has 0 saturated carbocycles. The summed E-state index contributed by atoms with van der Waals surface area (Å²) in [6.07, 6.45) is 0.793. The van der Waals surface area contributed by atoms with Crippen LogP contribution in [0, 0.1) is 16.0 Å². The molecule has 0 amide bonds. The van der Waals surface area contributed by atoms with E-state index in [9.17, 15) is 10.1 Å². The monoisotopic (exact) mass is 295 g/mol. The van der Waals surface area contributed by atoms with Crippen molar-refractivity contribution < 1.29 is 9.66 Å². The van der Waals surface area contributed by atoms with Crippen LogP contribution in [0.4, 0.5) is 11.4 Å². The highest BCUT2D eigenvalue weighted by molar-refractivity contribution is 5.59. The predicted molar refractivity (Wildman–Crippen MR) is 84.8 cm³/mol. The maximum Gasteiger partial charge on any atom is 0.311 e. The number of nitrogens with zero attached hydrogens (tertiary/aromatic N) is 1. The number of nitrogens with one attached hydrogen (secondary N) is 1. The van der Waals surface area contributed by atoms with Crippen molar-refractivity contribution in [3.8, 4) is 5.75 Å². The largest absolute Gasteiger partial charge is 0.487 e. The van der Waals surface area contributed by atoms with Crippen molar-refractivity contribution in [1.82, 2.24) is 0 Å². The molecular weight excluding hydrogens is 270 g/mol. The van der Waals surface area contributed by atoms with Crippen molar-refractivity contribution in [3.05, 3.63) is 28.3 Å². The molecule has 0 aromatic heterocycles. The van der Waals surface area contributed by atoms with Gasteiger partial charge in [0.1, 0.15) is 0 Å². The Morgan fingerprint density at radius 3 is 2.62 bits per heavy atom. The van der Waals surface area contributed by atoms with Crippen LogP contribution in [-0.4, -0.2) is 23.6 Å². The minimum absolute atomic E-state index is 0.0204. The average Bonchev–Trinajstić information content (AvgIpc) is 2.44. The molecule has 1 unspecified atom stereocenters. The fourth-order valence-electron chi connectivity index (χ4n) is 1.83. The molecule has 21 heavy (non-hydrogen) atoms. The first kappa shape index (κ1) is 17.2. The number of benzene rings is 1. The highest BCUT2D eigenvalue weighted by Gasteiger charge is 2.27. The average molecular weight is 295 g/mol. The van der Waals surface area contributed by atoms with E-state index in [-0.39, 0.29) is 17.0 Å². The Labute approximate surface area is 125 Å². The maximum absolute atomic E-state index is 11.0. The van der Waals surface area contributed by atoms with Gasteiger partial charge in [0.25, 0.3) is 0 Å². The van der Waals surface area contributed by atoms with Crippen molar-refractivity contribution in [2.75, 3.05) is 18.5 Å². The summed E-state index contributed by atoms with van der Waals surface area (Å²) in [5, 5.41) is 14.4. The molecule has 0 fully saturated rings. The van der Waals surface area contributed by atoms with Crippen LogP contribution in [0.5, 0.6) is 5.75 Å². The van der Waals surface area contributed by atoms with Gasteiger partial charge in [0.15, 0.2) is 5.75 Å². The summed E-state index contributed by atoms with van der Waals surface area (Å²) in [4.78, 5) is 10.6. The van der Waals surface area contributed by atoms with Gasteiger partial charge in [0, 0.05) is 29.9 Å². The molecule has 3 N–H and O–H groups in total. The minimum Gasteiger partial charge on any atom is -0.487 e. The van der Waals surface area contributed by atoms with Gasteiger partial charge in [-0.2, -0.15) is 0 Å². The topological polar surface area (TPSA) is 90.4 Å². The summed E-state index contributed by atoms with van der Waals surface area (Å²) in [5.41, 5.74) is 6.32. The third-order valence-electron chi connectivity index (χ3n) is 3.75. The Balaban J connectivity index is 3.07. The maximum atomic E-state index is 11.0. The molecule has 1 aromatic rings. The van der Waals surface area contributed by atoms with Gasteiger partial charge in [0.2, 0.25) is 0 Å². The summed E-state index contributed by atoms with van der Waals surface area (Å²) in [6, 6.07) is 4.82. The number of nitro benzene ring substituents is 1. The number of rotatable bonds is 8. The van der Waals surface area contributed by atoms with E-state index in [1.54, 1.807) is 12.1 Å². The molecule has 0 radical (unpaired) electrons. The van der Waals surface area contributed by atoms with Crippen LogP contribution < -0.4 is 15.8 Å². The third-order valence-corrected chi connectivity index (χ3v) is 3.75. The van der Waals surface area contributed by atoms with Crippen molar-refractivity contribution in [2.24, 2.45) is 11.7 Å². The van der Waals surface area contributed by atoms with Crippen molar-refractivity contribution in [2.45, 2.75) is 39.7 Å². The normalized spacial score (nSPS) is 13.8. The zero-order valence-corrected chi connectivity index (χ0v) is 13.2. The van der Waals surface area contributed by atoms with Crippen LogP contribution in [0.3, 0.4) is 0 Å². The number of hydrogen-bond donors (Lipinski definition) is 2. The number of hydrogen-bond acceptors (Lipinski definition) is 5. The Hall–Kier alpha value is -1.82. The quantitative estimate of drug-likeness (QED) is 0.568. The zero-order valence-electron chi connectivity index (χ0n) is 13.2. The Kier molecular flexibility index (Phi) is 5.96. The van der Waals surface area contributed by atoms with E-state index < -0.39 is 4.92 Å². The Morgan fingerprint density at radius 1 is 1.48 bits per heavy atom. The molecule has 6 nitrogen and oxygen atoms in total. The van der Waals surface area contributed by atoms with Crippen molar-refractivity contribution >= 4 is 11.4 Å². The standard InChI is InChI=1S/C15H25N3O3/c1-5-8-21-14-9-12(6-7-13(14)18(19)20)17-15(4,10-16)11(2)3/h6-7,9,11,17H,5,8,10,16H2,1-4H3. The van der Waals surface area contributed by atoms with Crippen LogP contribution in [0.1, 0.15) is 34.1 Å². The number of nitro groups is 1. The first-order valence-electron chi connectivity index (χ1n) is 7.23. The molecule has 1 rings (SSSR count). The van der Waals surface area contributed by atoms with Gasteiger partial charge >= 0.3 is 5.69 Å². The fraction of sp³-hybridized carbons (Fsp3) is 0.600. The lowest BCUT2D eigenvalue weighted by Gasteiger charge is -2.34. The second-order valence-electron chi connectivity index (χ2n) is 5.69. The van der Waals surface area contributed by atoms with Gasteiger partial charge in [0.05, 0.1) is 11.5 Å². The summed E-state index contributed by atoms with van der Waals surface area (Å²) in [5.74, 6) is 0.604. The third kappa shape index (κ3) is 4.32. The second-order valence-corrected chi connectivity index (χ2v) is 5.69. The first-order valence-corrected chi connectivity index (χ1v) is 7.23. The lowest BCUT2D eigenvalue weighted by molar-refractivity contribution is -0.385. The molecule has 1 aromatic carbocycles. The summed E-state index contributed by atoms with van der Waals surface area (Å²) in [7, 11) is 0. The van der Waals surface area contributed by atoms with Crippen LogP contribution in [0.25, 0.3) is 0 Å². The van der Waals surface area contributed by atoms with E-state index in [1.807, 2.05) is 13.8 Å². The molecule has 0 spiro atoms. The van der Waals surface area contributed by atoms with E-state index in [0.29, 0.717) is 19.1 Å². The van der Waals surface area contributed by atoms with Crippen LogP contribution in [-0.2, 0) is 0 Å². The van der Waals surface area contributed by atoms with E-state index in [0.717, 1.165) is 12.1 Å². The lowest BCUT2D eigenvalue weighted by Crippen LogP contribution is -2.47. The zero-order chi connectivity index (χ0) is 16.0. The Morgan fingerprint density at radius 2 is 2.14 bits per heavy atom. The van der Waals surface area contributed by atoms with Gasteiger partial charge in [-0.15, -0.1) is 0 Å². The van der Waals surface area contributed by atoms with Gasteiger partial charge in [-0.1, -0.05) is 20.8 Å². The van der Waals surface area contributed by atoms with E-state index in [1.165, 1.54) is 6.07 Å². The van der Waals surface area contributed by atoms with Crippen LogP contribution in [0.2, 0.25) is 0 Å². The fourth-order valence-corrected chi connectivity index (χ4v) is 1.83. The smallest absolute Gasteiger partial charge is 0.311 e. The minimum atomic E-state index is -0.431. The van der Waals surface area contributed by atoms with E-state index in [2.05, 4.69) is 19.2 Å². The number of ether oxygens (including phenoxy) is 1. The Bertz CT molecular complexity index is 491. The summed E-state index contributed by atoms with van der Waals surface area (Å²) in [6.45, 7) is 9.07. The SMILES string of the molecule is CCCOc1cc(NC(C)(CN)C(C)C)ccc1[N+](=O)[O-]. The van der Waals surface area contributed by atoms with Gasteiger partial charge < -0.3 is 15.8 Å². The van der Waals surface area contributed by atoms with Gasteiger partial charge in [-0.25, -0.2) is 0 Å². The second kappa shape index (κ2) is 7.26. The van der Waals surface area contributed by atoms with Crippen LogP contribution in [0.15, 0.2) is 18.2 Å². The lowest BCUT2D eigenvalue weighted by atomic mass is 9.88. The van der Waals surface area contributed by atoms with Crippen molar-refractivity contribution in [3.63, 3.8) is 0 Å². The molecule has 0 bridgehead atoms. The summed E-state index contributed by atoms with van der Waals surface area (Å²) >= 11 is 0. The summed E-state index contributed by atoms with van der Waals surface area (Å²) < 4.78 is 5.48. The number of anilines is 1. The van der Waals surface area contributed by atoms with E-state index >= 15 is 0 Å². The van der Waals surface area contributed by atoms with E-state index in [4.69, 9.17) is 10.5 Å². The first-order chi connectivity index (χ1) is 9.84. The van der Waals surface area contributed by atoms with Crippen molar-refractivity contribution in [1.29, 1.82) is 0 Å². The molecule has 0 saturated heterocycles. The highest BCUT2D eigenvalue weighted by atomic mass is 16.6. The highest BCUT2D eigenvalue weighted by Crippen LogP contribution is 2.32. The molecule has 0 aliphatic rings. The molecule has 0 aliphatic carbocycles. The molecule has 118 valence electrons. The molecule has 0 heterocycles. The van der Waals surface area contributed by atoms with Gasteiger partial charge in [-0.05, 0) is 25.3 Å². The molecular formula is C15H25N3O3. The predicted octanol–water partition coefficient (Wildman–Crippen LogP) is 3.17.